The molecule has 0 bridgehead atoms. The molecule has 0 saturated carbocycles. The first-order valence-corrected chi connectivity index (χ1v) is 19.4. The first-order chi connectivity index (χ1) is 22.5. The SMILES string of the molecule is Fc1ccccc1-c1cc2sc(-c3cc4cc5cc6sc(-c7cc8sc(-c9ccccc9F)cc8s7)cc6cc5cc4s3)cc2s1. The smallest absolute Gasteiger partial charge is 0.131 e. The lowest BCUT2D eigenvalue weighted by Gasteiger charge is -1.99. The minimum absolute atomic E-state index is 0.174. The monoisotopic (exact) mass is 704 g/mol. The number of thiophene rings is 6. The van der Waals surface area contributed by atoms with E-state index >= 15 is 0 Å². The highest BCUT2D eigenvalue weighted by molar-refractivity contribution is 7.34. The van der Waals surface area contributed by atoms with Gasteiger partial charge in [0.05, 0.1) is 0 Å². The van der Waals surface area contributed by atoms with Crippen LogP contribution in [0.5, 0.6) is 0 Å². The van der Waals surface area contributed by atoms with E-state index in [0.29, 0.717) is 11.1 Å². The molecule has 4 aromatic carbocycles. The second kappa shape index (κ2) is 10.4. The molecule has 0 radical (unpaired) electrons. The van der Waals surface area contributed by atoms with Gasteiger partial charge in [-0.3, -0.25) is 0 Å². The second-order valence-electron chi connectivity index (χ2n) is 11.2. The molecule has 0 fully saturated rings. The third-order valence-corrected chi connectivity index (χ3v) is 15.5. The van der Waals surface area contributed by atoms with Gasteiger partial charge >= 0.3 is 0 Å². The van der Waals surface area contributed by atoms with Gasteiger partial charge in [0.15, 0.2) is 0 Å². The summed E-state index contributed by atoms with van der Waals surface area (Å²) in [4.78, 5) is 7.01. The van der Waals surface area contributed by atoms with Gasteiger partial charge in [0.1, 0.15) is 11.6 Å². The summed E-state index contributed by atoms with van der Waals surface area (Å²) in [5.74, 6) is -0.348. The van der Waals surface area contributed by atoms with Crippen LogP contribution in [0.2, 0.25) is 0 Å². The van der Waals surface area contributed by atoms with E-state index in [9.17, 15) is 8.78 Å². The van der Waals surface area contributed by atoms with Crippen molar-refractivity contribution in [2.75, 3.05) is 0 Å². The molecule has 220 valence electrons. The number of rotatable bonds is 4. The van der Waals surface area contributed by atoms with E-state index in [1.807, 2.05) is 46.9 Å². The standard InChI is InChI=1S/C38H18F2S6/c39-25-7-3-1-5-23(25)29-15-33-37(43-29)17-35(45-33)31-13-21-9-19-12-28-22(10-20(19)11-27(21)41-31)14-32(42-28)36-18-38-34(46-36)16-30(44-38)24-6-2-4-8-26(24)40/h1-18H. The summed E-state index contributed by atoms with van der Waals surface area (Å²) >= 11 is 10.5. The average Bonchev–Trinajstić information content (AvgIpc) is 3.87. The second-order valence-corrected chi connectivity index (χ2v) is 17.7. The Morgan fingerprint density at radius 2 is 0.652 bits per heavy atom. The highest BCUT2D eigenvalue weighted by Crippen LogP contribution is 2.47. The molecule has 0 aliphatic rings. The fourth-order valence-corrected chi connectivity index (χ4v) is 13.2. The maximum atomic E-state index is 14.4. The Balaban J connectivity index is 0.975. The van der Waals surface area contributed by atoms with Crippen molar-refractivity contribution in [3.05, 3.63) is 121 Å². The van der Waals surface area contributed by atoms with E-state index in [-0.39, 0.29) is 11.6 Å². The van der Waals surface area contributed by atoms with Crippen molar-refractivity contribution in [3.8, 4) is 40.4 Å². The van der Waals surface area contributed by atoms with Crippen LogP contribution in [-0.2, 0) is 0 Å². The molecule has 0 nitrogen and oxygen atoms in total. The number of fused-ring (bicyclic) bond motifs is 5. The summed E-state index contributed by atoms with van der Waals surface area (Å²) in [5, 5.41) is 5.02. The molecule has 0 spiro atoms. The van der Waals surface area contributed by atoms with E-state index in [1.54, 1.807) is 57.5 Å². The summed E-state index contributed by atoms with van der Waals surface area (Å²) in [6.07, 6.45) is 0. The highest BCUT2D eigenvalue weighted by atomic mass is 32.1. The average molecular weight is 705 g/mol. The topological polar surface area (TPSA) is 0 Å². The number of hydrogen-bond donors (Lipinski definition) is 0. The van der Waals surface area contributed by atoms with Crippen molar-refractivity contribution in [2.45, 2.75) is 0 Å². The van der Waals surface area contributed by atoms with Crippen LogP contribution in [-0.4, -0.2) is 0 Å². The molecule has 46 heavy (non-hydrogen) atoms. The van der Waals surface area contributed by atoms with Gasteiger partial charge in [-0.15, -0.1) is 68.0 Å². The molecule has 0 aliphatic carbocycles. The summed E-state index contributed by atoms with van der Waals surface area (Å²) in [7, 11) is 0. The molecular weight excluding hydrogens is 687 g/mol. The number of hydrogen-bond acceptors (Lipinski definition) is 6. The van der Waals surface area contributed by atoms with Gasteiger partial charge < -0.3 is 0 Å². The minimum Gasteiger partial charge on any atom is -0.206 e. The molecule has 0 saturated heterocycles. The lowest BCUT2D eigenvalue weighted by molar-refractivity contribution is 0.631. The predicted octanol–water partition coefficient (Wildman–Crippen LogP) is 14.8. The van der Waals surface area contributed by atoms with Crippen molar-refractivity contribution in [1.29, 1.82) is 0 Å². The highest BCUT2D eigenvalue weighted by Gasteiger charge is 2.16. The van der Waals surface area contributed by atoms with Gasteiger partial charge in [0, 0.05) is 68.6 Å². The van der Waals surface area contributed by atoms with E-state index < -0.39 is 0 Å². The summed E-state index contributed by atoms with van der Waals surface area (Å²) < 4.78 is 36.1. The van der Waals surface area contributed by atoms with E-state index in [1.165, 1.54) is 81.4 Å². The summed E-state index contributed by atoms with van der Waals surface area (Å²) in [5.41, 5.74) is 1.34. The fourth-order valence-electron chi connectivity index (χ4n) is 6.07. The van der Waals surface area contributed by atoms with Gasteiger partial charge in [0.25, 0.3) is 0 Å². The normalized spacial score (nSPS) is 12.1. The minimum atomic E-state index is -0.174. The Bertz CT molecular complexity index is 2480. The van der Waals surface area contributed by atoms with Gasteiger partial charge in [0.2, 0.25) is 0 Å². The van der Waals surface area contributed by atoms with Crippen molar-refractivity contribution < 1.29 is 8.78 Å². The first-order valence-electron chi connectivity index (χ1n) is 14.5. The van der Waals surface area contributed by atoms with Crippen molar-refractivity contribution in [2.24, 2.45) is 0 Å². The number of halogens is 2. The Morgan fingerprint density at radius 1 is 0.304 bits per heavy atom. The number of benzene rings is 4. The lowest BCUT2D eigenvalue weighted by Crippen LogP contribution is -1.78. The van der Waals surface area contributed by atoms with E-state index in [0.717, 1.165) is 9.75 Å². The predicted molar refractivity (Wildman–Crippen MR) is 203 cm³/mol. The third kappa shape index (κ3) is 4.43. The molecule has 0 amide bonds. The molecule has 0 N–H and O–H groups in total. The van der Waals surface area contributed by atoms with Gasteiger partial charge in [-0.05, 0) is 94.3 Å². The fraction of sp³-hybridized carbons (Fsp3) is 0. The largest absolute Gasteiger partial charge is 0.206 e. The molecule has 0 atom stereocenters. The first kappa shape index (κ1) is 27.4. The van der Waals surface area contributed by atoms with Gasteiger partial charge in [-0.2, -0.15) is 0 Å². The molecule has 6 heterocycles. The van der Waals surface area contributed by atoms with Crippen LogP contribution in [0.3, 0.4) is 0 Å². The quantitative estimate of drug-likeness (QED) is 0.171. The van der Waals surface area contributed by atoms with E-state index in [4.69, 9.17) is 0 Å². The van der Waals surface area contributed by atoms with Crippen molar-refractivity contribution >= 4 is 118 Å². The molecule has 0 aliphatic heterocycles. The molecule has 8 heteroatoms. The Morgan fingerprint density at radius 3 is 1.09 bits per heavy atom. The zero-order chi connectivity index (χ0) is 30.5. The van der Waals surface area contributed by atoms with Crippen molar-refractivity contribution in [1.82, 2.24) is 0 Å². The summed E-state index contributed by atoms with van der Waals surface area (Å²) in [6, 6.07) is 36.7. The van der Waals surface area contributed by atoms with Crippen LogP contribution in [0.1, 0.15) is 0 Å². The molecule has 6 aromatic heterocycles. The van der Waals surface area contributed by atoms with Crippen LogP contribution in [0.4, 0.5) is 8.78 Å². The molecular formula is C38H18F2S6. The Kier molecular flexibility index (Phi) is 6.17. The van der Waals surface area contributed by atoms with Crippen LogP contribution in [0, 0.1) is 11.6 Å². The Hall–Kier alpha value is -3.76. The molecule has 10 rings (SSSR count). The van der Waals surface area contributed by atoms with Crippen molar-refractivity contribution in [3.63, 3.8) is 0 Å². The zero-order valence-electron chi connectivity index (χ0n) is 23.6. The van der Waals surface area contributed by atoms with Crippen LogP contribution in [0.15, 0.2) is 109 Å². The van der Waals surface area contributed by atoms with Gasteiger partial charge in [-0.1, -0.05) is 36.4 Å². The van der Waals surface area contributed by atoms with E-state index in [2.05, 4.69) is 60.7 Å². The zero-order valence-corrected chi connectivity index (χ0v) is 28.5. The molecule has 10 aromatic rings. The summed E-state index contributed by atoms with van der Waals surface area (Å²) in [6.45, 7) is 0. The maximum Gasteiger partial charge on any atom is 0.131 e. The lowest BCUT2D eigenvalue weighted by atomic mass is 10.1. The van der Waals surface area contributed by atoms with Crippen LogP contribution >= 0.6 is 68.0 Å². The Labute approximate surface area is 285 Å². The third-order valence-electron chi connectivity index (χ3n) is 8.29. The van der Waals surface area contributed by atoms with Gasteiger partial charge in [-0.25, -0.2) is 8.78 Å². The van der Waals surface area contributed by atoms with Crippen LogP contribution in [0.25, 0.3) is 90.1 Å². The van der Waals surface area contributed by atoms with Crippen LogP contribution < -0.4 is 0 Å². The molecule has 0 unspecified atom stereocenters. The maximum absolute atomic E-state index is 14.4.